The highest BCUT2D eigenvalue weighted by atomic mass is 79.9. The van der Waals surface area contributed by atoms with Gasteiger partial charge in [-0.1, -0.05) is 0 Å². The molecule has 112 valence electrons. The summed E-state index contributed by atoms with van der Waals surface area (Å²) in [7, 11) is 0. The minimum atomic E-state index is -0.448. The summed E-state index contributed by atoms with van der Waals surface area (Å²) in [6.07, 6.45) is 0. The molecule has 0 saturated carbocycles. The van der Waals surface area contributed by atoms with Crippen LogP contribution in [0.3, 0.4) is 0 Å². The Bertz CT molecular complexity index is 664. The number of rotatable bonds is 4. The molecule has 0 aliphatic carbocycles. The van der Waals surface area contributed by atoms with Crippen LogP contribution in [0, 0.1) is 10.1 Å². The Balaban J connectivity index is 2.31. The molecular weight excluding hydrogens is 340 g/mol. The van der Waals surface area contributed by atoms with Crippen molar-refractivity contribution in [2.75, 3.05) is 0 Å². The molecule has 1 aromatic heterocycles. The third-order valence-corrected chi connectivity index (χ3v) is 3.32. The van der Waals surface area contributed by atoms with Crippen molar-refractivity contribution in [3.63, 3.8) is 0 Å². The summed E-state index contributed by atoms with van der Waals surface area (Å²) in [5.41, 5.74) is 0.591. The quantitative estimate of drug-likeness (QED) is 0.667. The number of nitro groups is 1. The van der Waals surface area contributed by atoms with E-state index < -0.39 is 4.92 Å². The Labute approximate surface area is 129 Å². The average Bonchev–Trinajstić information content (AvgIpc) is 2.83. The predicted octanol–water partition coefficient (Wildman–Crippen LogP) is 2.22. The molecule has 0 spiro atoms. The van der Waals surface area contributed by atoms with Crippen molar-refractivity contribution >= 4 is 21.6 Å². The molecule has 1 heterocycles. The van der Waals surface area contributed by atoms with E-state index in [1.165, 1.54) is 12.1 Å². The number of nitro benzene ring substituents is 1. The molecular formula is C12H15BrN6O2. The zero-order chi connectivity index (χ0) is 15.6. The second-order valence-electron chi connectivity index (χ2n) is 5.50. The average molecular weight is 355 g/mol. The summed E-state index contributed by atoms with van der Waals surface area (Å²) >= 11 is 3.32. The van der Waals surface area contributed by atoms with Gasteiger partial charge < -0.3 is 5.32 Å². The first kappa shape index (κ1) is 15.5. The molecule has 2 aromatic rings. The summed E-state index contributed by atoms with van der Waals surface area (Å²) in [4.78, 5) is 10.3. The molecule has 0 atom stereocenters. The Hall–Kier alpha value is -1.87. The Morgan fingerprint density at radius 1 is 1.43 bits per heavy atom. The second-order valence-corrected chi connectivity index (χ2v) is 6.36. The number of tetrazole rings is 1. The van der Waals surface area contributed by atoms with Crippen LogP contribution in [0.25, 0.3) is 5.69 Å². The van der Waals surface area contributed by atoms with E-state index in [4.69, 9.17) is 0 Å². The van der Waals surface area contributed by atoms with Gasteiger partial charge in [0.15, 0.2) is 5.82 Å². The lowest BCUT2D eigenvalue weighted by molar-refractivity contribution is -0.384. The van der Waals surface area contributed by atoms with Gasteiger partial charge in [-0.25, -0.2) is 0 Å². The molecule has 1 aromatic carbocycles. The van der Waals surface area contributed by atoms with E-state index in [2.05, 4.69) is 36.8 Å². The fourth-order valence-corrected chi connectivity index (χ4v) is 2.16. The fraction of sp³-hybridized carbons (Fsp3) is 0.417. The van der Waals surface area contributed by atoms with Gasteiger partial charge in [-0.15, -0.1) is 5.10 Å². The molecule has 1 N–H and O–H groups in total. The minimum absolute atomic E-state index is 0.00747. The van der Waals surface area contributed by atoms with E-state index in [-0.39, 0.29) is 11.2 Å². The van der Waals surface area contributed by atoms with Gasteiger partial charge >= 0.3 is 0 Å². The molecule has 9 heteroatoms. The molecule has 0 aliphatic heterocycles. The van der Waals surface area contributed by atoms with Gasteiger partial charge in [0.2, 0.25) is 0 Å². The minimum Gasteiger partial charge on any atom is -0.305 e. The summed E-state index contributed by atoms with van der Waals surface area (Å²) in [6.45, 7) is 6.62. The van der Waals surface area contributed by atoms with Crippen LogP contribution >= 0.6 is 15.9 Å². The monoisotopic (exact) mass is 354 g/mol. The smallest absolute Gasteiger partial charge is 0.270 e. The number of hydrogen-bond donors (Lipinski definition) is 1. The summed E-state index contributed by atoms with van der Waals surface area (Å²) in [5, 5.41) is 25.6. The molecule has 0 aliphatic rings. The lowest BCUT2D eigenvalue weighted by Crippen LogP contribution is -2.36. The number of halogens is 1. The number of nitrogens with one attached hydrogen (secondary N) is 1. The van der Waals surface area contributed by atoms with Crippen molar-refractivity contribution in [3.8, 4) is 5.69 Å². The normalized spacial score (nSPS) is 11.6. The van der Waals surface area contributed by atoms with Crippen LogP contribution in [0.5, 0.6) is 0 Å². The Morgan fingerprint density at radius 3 is 2.71 bits per heavy atom. The number of benzene rings is 1. The third kappa shape index (κ3) is 3.82. The Morgan fingerprint density at radius 2 is 2.14 bits per heavy atom. The van der Waals surface area contributed by atoms with Crippen LogP contribution in [-0.4, -0.2) is 30.7 Å². The first-order valence-electron chi connectivity index (χ1n) is 6.24. The zero-order valence-corrected chi connectivity index (χ0v) is 13.5. The van der Waals surface area contributed by atoms with Gasteiger partial charge in [0.05, 0.1) is 21.6 Å². The van der Waals surface area contributed by atoms with Gasteiger partial charge in [0.25, 0.3) is 5.69 Å². The highest BCUT2D eigenvalue weighted by Gasteiger charge is 2.16. The van der Waals surface area contributed by atoms with Crippen molar-refractivity contribution in [1.82, 2.24) is 25.5 Å². The summed E-state index contributed by atoms with van der Waals surface area (Å²) < 4.78 is 2.10. The van der Waals surface area contributed by atoms with E-state index in [0.29, 0.717) is 22.5 Å². The molecule has 21 heavy (non-hydrogen) atoms. The maximum atomic E-state index is 10.8. The molecule has 0 saturated heterocycles. The van der Waals surface area contributed by atoms with Crippen LogP contribution < -0.4 is 5.32 Å². The third-order valence-electron chi connectivity index (χ3n) is 2.68. The van der Waals surface area contributed by atoms with Crippen molar-refractivity contribution in [2.24, 2.45) is 0 Å². The van der Waals surface area contributed by atoms with Crippen LogP contribution in [0.1, 0.15) is 26.6 Å². The van der Waals surface area contributed by atoms with Crippen molar-refractivity contribution in [1.29, 1.82) is 0 Å². The van der Waals surface area contributed by atoms with E-state index in [1.54, 1.807) is 10.7 Å². The molecule has 0 radical (unpaired) electrons. The molecule has 0 bridgehead atoms. The highest BCUT2D eigenvalue weighted by molar-refractivity contribution is 9.10. The molecule has 2 rings (SSSR count). The maximum Gasteiger partial charge on any atom is 0.270 e. The topological polar surface area (TPSA) is 98.8 Å². The number of nitrogens with zero attached hydrogens (tertiary/aromatic N) is 5. The Kier molecular flexibility index (Phi) is 4.33. The predicted molar refractivity (Wildman–Crippen MR) is 80.1 cm³/mol. The van der Waals surface area contributed by atoms with Crippen molar-refractivity contribution in [3.05, 3.63) is 38.6 Å². The first-order valence-corrected chi connectivity index (χ1v) is 7.04. The highest BCUT2D eigenvalue weighted by Crippen LogP contribution is 2.26. The summed E-state index contributed by atoms with van der Waals surface area (Å²) in [6, 6.07) is 4.46. The van der Waals surface area contributed by atoms with Crippen LogP contribution in [0.2, 0.25) is 0 Å². The van der Waals surface area contributed by atoms with E-state index >= 15 is 0 Å². The van der Waals surface area contributed by atoms with Crippen LogP contribution in [-0.2, 0) is 6.54 Å². The SMILES string of the molecule is CC(C)(C)NCc1nnnn1-c1ccc([N+](=O)[O-])cc1Br. The van der Waals surface area contributed by atoms with E-state index in [1.807, 2.05) is 20.8 Å². The second kappa shape index (κ2) is 5.86. The largest absolute Gasteiger partial charge is 0.305 e. The molecule has 0 fully saturated rings. The maximum absolute atomic E-state index is 10.8. The summed E-state index contributed by atoms with van der Waals surface area (Å²) in [5.74, 6) is 0.625. The number of aromatic nitrogens is 4. The molecule has 0 amide bonds. The number of non-ortho nitro benzene ring substituents is 1. The van der Waals surface area contributed by atoms with Gasteiger partial charge in [-0.05, 0) is 53.2 Å². The fourth-order valence-electron chi connectivity index (χ4n) is 1.63. The zero-order valence-electron chi connectivity index (χ0n) is 11.9. The molecule has 8 nitrogen and oxygen atoms in total. The van der Waals surface area contributed by atoms with E-state index in [0.717, 1.165) is 0 Å². The van der Waals surface area contributed by atoms with Gasteiger partial charge in [0, 0.05) is 17.7 Å². The molecule has 0 unspecified atom stereocenters. The van der Waals surface area contributed by atoms with Gasteiger partial charge in [0.1, 0.15) is 0 Å². The number of hydrogen-bond acceptors (Lipinski definition) is 6. The van der Waals surface area contributed by atoms with Crippen LogP contribution in [0.4, 0.5) is 5.69 Å². The standard InChI is InChI=1S/C12H15BrN6O2/c1-12(2,3)14-7-11-15-16-17-18(11)10-5-4-8(19(20)21)6-9(10)13/h4-6,14H,7H2,1-3H3. The van der Waals surface area contributed by atoms with Crippen LogP contribution in [0.15, 0.2) is 22.7 Å². The lowest BCUT2D eigenvalue weighted by atomic mass is 10.1. The lowest BCUT2D eigenvalue weighted by Gasteiger charge is -2.20. The first-order chi connectivity index (χ1) is 9.78. The van der Waals surface area contributed by atoms with Gasteiger partial charge in [-0.3, -0.25) is 10.1 Å². The van der Waals surface area contributed by atoms with E-state index in [9.17, 15) is 10.1 Å². The van der Waals surface area contributed by atoms with Gasteiger partial charge in [-0.2, -0.15) is 4.68 Å². The van der Waals surface area contributed by atoms with Crippen molar-refractivity contribution in [2.45, 2.75) is 32.9 Å². The van der Waals surface area contributed by atoms with Crippen molar-refractivity contribution < 1.29 is 4.92 Å².